The Labute approximate surface area is 136 Å². The van der Waals surface area contributed by atoms with Crippen molar-refractivity contribution in [3.8, 4) is 0 Å². The van der Waals surface area contributed by atoms with Gasteiger partial charge in [-0.1, -0.05) is 31.0 Å². The highest BCUT2D eigenvalue weighted by molar-refractivity contribution is 7.89. The summed E-state index contributed by atoms with van der Waals surface area (Å²) in [5.74, 6) is -0.695. The van der Waals surface area contributed by atoms with Gasteiger partial charge in [0.1, 0.15) is 5.82 Å². The molecule has 0 radical (unpaired) electrons. The van der Waals surface area contributed by atoms with Gasteiger partial charge in [0, 0.05) is 5.56 Å². The molecule has 1 aliphatic carbocycles. The molecule has 0 saturated heterocycles. The number of nitrogens with one attached hydrogen (secondary N) is 2. The lowest BCUT2D eigenvalue weighted by atomic mass is 9.91. The number of hydrogen-bond donors (Lipinski definition) is 2. The molecule has 0 bridgehead atoms. The van der Waals surface area contributed by atoms with Crippen molar-refractivity contribution >= 4 is 15.9 Å². The van der Waals surface area contributed by atoms with Crippen LogP contribution in [0.2, 0.25) is 0 Å². The summed E-state index contributed by atoms with van der Waals surface area (Å²) in [6, 6.07) is 5.99. The number of hydrogen-bond acceptors (Lipinski definition) is 3. The van der Waals surface area contributed by atoms with E-state index < -0.39 is 22.0 Å². The van der Waals surface area contributed by atoms with E-state index in [0.29, 0.717) is 5.56 Å². The molecule has 1 unspecified atom stereocenters. The molecule has 1 atom stereocenters. The normalized spacial score (nSPS) is 17.1. The van der Waals surface area contributed by atoms with E-state index >= 15 is 0 Å². The van der Waals surface area contributed by atoms with E-state index in [4.69, 9.17) is 0 Å². The van der Waals surface area contributed by atoms with E-state index in [1.54, 1.807) is 18.2 Å². The first-order valence-electron chi connectivity index (χ1n) is 7.94. The molecule has 1 aromatic carbocycles. The number of halogens is 1. The Kier molecular flexibility index (Phi) is 6.12. The van der Waals surface area contributed by atoms with E-state index in [2.05, 4.69) is 10.0 Å². The first kappa shape index (κ1) is 17.9. The molecule has 5 nitrogen and oxygen atoms in total. The zero-order valence-corrected chi connectivity index (χ0v) is 14.0. The number of carbonyl (C=O) groups is 1. The summed E-state index contributed by atoms with van der Waals surface area (Å²) in [7, 11) is -3.43. The average Bonchev–Trinajstić information content (AvgIpc) is 3.06. The molecule has 0 aliphatic heterocycles. The van der Waals surface area contributed by atoms with Gasteiger partial charge in [-0.15, -0.1) is 0 Å². The van der Waals surface area contributed by atoms with E-state index in [-0.39, 0.29) is 24.0 Å². The molecular weight excluding hydrogens is 319 g/mol. The summed E-state index contributed by atoms with van der Waals surface area (Å²) in [4.78, 5) is 12.1. The Hall–Kier alpha value is -1.47. The van der Waals surface area contributed by atoms with Crippen LogP contribution in [0.5, 0.6) is 0 Å². The third-order valence-electron chi connectivity index (χ3n) is 4.26. The highest BCUT2D eigenvalue weighted by atomic mass is 32.2. The van der Waals surface area contributed by atoms with Gasteiger partial charge in [0.2, 0.25) is 15.9 Å². The van der Waals surface area contributed by atoms with Gasteiger partial charge >= 0.3 is 0 Å². The zero-order valence-electron chi connectivity index (χ0n) is 13.2. The molecule has 7 heteroatoms. The summed E-state index contributed by atoms with van der Waals surface area (Å²) >= 11 is 0. The molecular formula is C16H23FN2O3S. The number of sulfonamides is 1. The summed E-state index contributed by atoms with van der Waals surface area (Å²) in [5, 5.41) is 2.81. The second kappa shape index (κ2) is 7.88. The van der Waals surface area contributed by atoms with E-state index in [1.165, 1.54) is 13.0 Å². The van der Waals surface area contributed by atoms with Crippen molar-refractivity contribution < 1.29 is 17.6 Å². The number of benzene rings is 1. The molecule has 1 aliphatic rings. The Morgan fingerprint density at radius 2 is 1.96 bits per heavy atom. The van der Waals surface area contributed by atoms with Crippen molar-refractivity contribution in [1.82, 2.24) is 10.0 Å². The quantitative estimate of drug-likeness (QED) is 0.797. The number of amides is 1. The monoisotopic (exact) mass is 342 g/mol. The second-order valence-electron chi connectivity index (χ2n) is 5.84. The van der Waals surface area contributed by atoms with Gasteiger partial charge in [-0.25, -0.2) is 17.5 Å². The predicted octanol–water partition coefficient (Wildman–Crippen LogP) is 2.11. The van der Waals surface area contributed by atoms with Gasteiger partial charge in [-0.2, -0.15) is 0 Å². The minimum atomic E-state index is -3.43. The van der Waals surface area contributed by atoms with Crippen LogP contribution >= 0.6 is 0 Å². The average molecular weight is 342 g/mol. The van der Waals surface area contributed by atoms with Crippen LogP contribution in [0.25, 0.3) is 0 Å². The van der Waals surface area contributed by atoms with Crippen LogP contribution in [0.1, 0.15) is 44.2 Å². The fourth-order valence-electron chi connectivity index (χ4n) is 2.97. The van der Waals surface area contributed by atoms with Gasteiger partial charge < -0.3 is 5.32 Å². The Morgan fingerprint density at radius 1 is 1.30 bits per heavy atom. The molecule has 1 aromatic rings. The maximum absolute atomic E-state index is 14.1. The summed E-state index contributed by atoms with van der Waals surface area (Å²) in [6.07, 6.45) is 3.99. The van der Waals surface area contributed by atoms with Crippen LogP contribution in [-0.4, -0.2) is 26.6 Å². The van der Waals surface area contributed by atoms with Crippen LogP contribution in [0, 0.1) is 11.7 Å². The van der Waals surface area contributed by atoms with E-state index in [0.717, 1.165) is 25.7 Å². The minimum absolute atomic E-state index is 0.0837. The molecule has 1 amide bonds. The highest BCUT2D eigenvalue weighted by Gasteiger charge is 2.29. The molecule has 1 fully saturated rings. The molecule has 0 aromatic heterocycles. The maximum atomic E-state index is 14.1. The summed E-state index contributed by atoms with van der Waals surface area (Å²) in [5.41, 5.74) is 0.464. The standard InChI is InChI=1S/C16H23FN2O3S/c1-2-23(21,22)18-11-15(20)19-16(12-7-3-4-8-12)13-9-5-6-10-14(13)17/h5-6,9-10,12,16,18H,2-4,7-8,11H2,1H3,(H,19,20). The Bertz CT molecular complexity index is 642. The number of rotatable bonds is 7. The fourth-order valence-corrected chi connectivity index (χ4v) is 3.52. The van der Waals surface area contributed by atoms with Crippen LogP contribution in [0.4, 0.5) is 4.39 Å². The first-order chi connectivity index (χ1) is 10.9. The molecule has 2 rings (SSSR count). The van der Waals surface area contributed by atoms with Crippen LogP contribution in [0.15, 0.2) is 24.3 Å². The molecule has 2 N–H and O–H groups in total. The van der Waals surface area contributed by atoms with Crippen LogP contribution in [0.3, 0.4) is 0 Å². The van der Waals surface area contributed by atoms with Gasteiger partial charge in [-0.05, 0) is 31.7 Å². The van der Waals surface area contributed by atoms with Gasteiger partial charge in [0.05, 0.1) is 18.3 Å². The minimum Gasteiger partial charge on any atom is -0.348 e. The van der Waals surface area contributed by atoms with Crippen molar-refractivity contribution in [3.63, 3.8) is 0 Å². The fraction of sp³-hybridized carbons (Fsp3) is 0.562. The van der Waals surface area contributed by atoms with Crippen molar-refractivity contribution in [2.45, 2.75) is 38.6 Å². The lowest BCUT2D eigenvalue weighted by molar-refractivity contribution is -0.121. The molecule has 0 heterocycles. The van der Waals surface area contributed by atoms with Crippen molar-refractivity contribution in [3.05, 3.63) is 35.6 Å². The predicted molar refractivity (Wildman–Crippen MR) is 86.7 cm³/mol. The second-order valence-corrected chi connectivity index (χ2v) is 7.93. The number of carbonyl (C=O) groups excluding carboxylic acids is 1. The van der Waals surface area contributed by atoms with Crippen molar-refractivity contribution in [2.75, 3.05) is 12.3 Å². The zero-order chi connectivity index (χ0) is 16.9. The summed E-state index contributed by atoms with van der Waals surface area (Å²) in [6.45, 7) is 1.18. The van der Waals surface area contributed by atoms with Crippen LogP contribution < -0.4 is 10.0 Å². The third kappa shape index (κ3) is 5.00. The van der Waals surface area contributed by atoms with E-state index in [1.807, 2.05) is 0 Å². The van der Waals surface area contributed by atoms with E-state index in [9.17, 15) is 17.6 Å². The topological polar surface area (TPSA) is 75.3 Å². The van der Waals surface area contributed by atoms with Crippen LogP contribution in [-0.2, 0) is 14.8 Å². The van der Waals surface area contributed by atoms with Gasteiger partial charge in [0.15, 0.2) is 0 Å². The van der Waals surface area contributed by atoms with Crippen molar-refractivity contribution in [1.29, 1.82) is 0 Å². The molecule has 0 spiro atoms. The van der Waals surface area contributed by atoms with Gasteiger partial charge in [0.25, 0.3) is 0 Å². The lowest BCUT2D eigenvalue weighted by Gasteiger charge is -2.25. The highest BCUT2D eigenvalue weighted by Crippen LogP contribution is 2.36. The molecule has 1 saturated carbocycles. The smallest absolute Gasteiger partial charge is 0.235 e. The summed E-state index contributed by atoms with van der Waals surface area (Å²) < 4.78 is 39.2. The Morgan fingerprint density at radius 3 is 2.57 bits per heavy atom. The van der Waals surface area contributed by atoms with Gasteiger partial charge in [-0.3, -0.25) is 4.79 Å². The molecule has 23 heavy (non-hydrogen) atoms. The SMILES string of the molecule is CCS(=O)(=O)NCC(=O)NC(c1ccccc1F)C1CCCC1. The van der Waals surface area contributed by atoms with Crippen molar-refractivity contribution in [2.24, 2.45) is 5.92 Å². The first-order valence-corrected chi connectivity index (χ1v) is 9.59. The maximum Gasteiger partial charge on any atom is 0.235 e. The molecule has 128 valence electrons. The third-order valence-corrected chi connectivity index (χ3v) is 5.60. The Balaban J connectivity index is 2.09. The largest absolute Gasteiger partial charge is 0.348 e. The lowest BCUT2D eigenvalue weighted by Crippen LogP contribution is -2.41.